The van der Waals surface area contributed by atoms with Gasteiger partial charge in [-0.2, -0.15) is 5.10 Å². The number of rotatable bonds is 4. The van der Waals surface area contributed by atoms with Crippen LogP contribution in [0, 0.1) is 0 Å². The van der Waals surface area contributed by atoms with E-state index in [0.29, 0.717) is 34.5 Å². The molecule has 0 atom stereocenters. The Hall–Kier alpha value is -3.39. The number of benzene rings is 1. The fourth-order valence-corrected chi connectivity index (χ4v) is 4.07. The van der Waals surface area contributed by atoms with Crippen molar-refractivity contribution in [3.63, 3.8) is 0 Å². The van der Waals surface area contributed by atoms with Crippen molar-refractivity contribution in [3.8, 4) is 28.3 Å². The number of H-pyrrole nitrogens is 1. The van der Waals surface area contributed by atoms with Crippen LogP contribution in [0.5, 0.6) is 5.75 Å². The molecular formula is C22H24N6O2. The zero-order valence-electron chi connectivity index (χ0n) is 17.1. The lowest BCUT2D eigenvalue weighted by Gasteiger charge is -2.28. The molecule has 5 rings (SSSR count). The molecule has 0 radical (unpaired) electrons. The molecule has 0 aliphatic carbocycles. The van der Waals surface area contributed by atoms with Gasteiger partial charge in [-0.3, -0.25) is 5.10 Å². The second-order valence-electron chi connectivity index (χ2n) is 7.77. The highest BCUT2D eigenvalue weighted by molar-refractivity contribution is 5.82. The Bertz CT molecular complexity index is 1190. The number of piperidine rings is 1. The van der Waals surface area contributed by atoms with Gasteiger partial charge < -0.3 is 19.8 Å². The van der Waals surface area contributed by atoms with Gasteiger partial charge in [-0.15, -0.1) is 0 Å². The smallest absolute Gasteiger partial charge is 0.231 e. The van der Waals surface area contributed by atoms with Gasteiger partial charge in [0.15, 0.2) is 5.58 Å². The minimum atomic E-state index is 0.376. The van der Waals surface area contributed by atoms with Crippen molar-refractivity contribution < 1.29 is 9.15 Å². The normalized spacial score (nSPS) is 15.7. The van der Waals surface area contributed by atoms with Crippen LogP contribution >= 0.6 is 0 Å². The summed E-state index contributed by atoms with van der Waals surface area (Å²) in [6.07, 6.45) is 5.91. The predicted octanol–water partition coefficient (Wildman–Crippen LogP) is 3.68. The average Bonchev–Trinajstić information content (AvgIpc) is 3.41. The van der Waals surface area contributed by atoms with Crippen molar-refractivity contribution in [3.05, 3.63) is 42.4 Å². The molecule has 4 aromatic rings. The highest BCUT2D eigenvalue weighted by Crippen LogP contribution is 2.36. The van der Waals surface area contributed by atoms with Gasteiger partial charge in [0.25, 0.3) is 0 Å². The SMILES string of the molecule is COc1ccc2nc(-c3cc(-c4c[nH]nc4C4CCN(C)CC4)cnc3N)oc2c1. The predicted molar refractivity (Wildman–Crippen MR) is 115 cm³/mol. The first kappa shape index (κ1) is 18.6. The number of likely N-dealkylation sites (tertiary alicyclic amines) is 1. The van der Waals surface area contributed by atoms with Crippen molar-refractivity contribution in [2.75, 3.05) is 33.0 Å². The Morgan fingerprint density at radius 1 is 1.20 bits per heavy atom. The molecular weight excluding hydrogens is 380 g/mol. The number of nitrogens with one attached hydrogen (secondary N) is 1. The van der Waals surface area contributed by atoms with Crippen molar-refractivity contribution in [2.45, 2.75) is 18.8 Å². The van der Waals surface area contributed by atoms with Crippen LogP contribution in [0.25, 0.3) is 33.7 Å². The first-order valence-electron chi connectivity index (χ1n) is 10.1. The number of oxazole rings is 1. The van der Waals surface area contributed by atoms with E-state index in [2.05, 4.69) is 32.1 Å². The van der Waals surface area contributed by atoms with Crippen LogP contribution in [0.15, 0.2) is 41.1 Å². The molecule has 1 aliphatic rings. The lowest BCUT2D eigenvalue weighted by atomic mass is 9.90. The van der Waals surface area contributed by atoms with E-state index in [0.717, 1.165) is 48.3 Å². The zero-order chi connectivity index (χ0) is 20.7. The van der Waals surface area contributed by atoms with E-state index in [-0.39, 0.29) is 0 Å². The van der Waals surface area contributed by atoms with Gasteiger partial charge in [-0.25, -0.2) is 9.97 Å². The number of aromatic nitrogens is 4. The number of aromatic amines is 1. The monoisotopic (exact) mass is 404 g/mol. The van der Waals surface area contributed by atoms with E-state index in [1.165, 1.54) is 0 Å². The van der Waals surface area contributed by atoms with Crippen LogP contribution in [-0.4, -0.2) is 52.3 Å². The topological polar surface area (TPSA) is 106 Å². The van der Waals surface area contributed by atoms with Crippen LogP contribution in [0.2, 0.25) is 0 Å². The maximum absolute atomic E-state index is 6.18. The van der Waals surface area contributed by atoms with E-state index in [9.17, 15) is 0 Å². The molecule has 0 unspecified atom stereocenters. The molecule has 0 saturated carbocycles. The average molecular weight is 404 g/mol. The van der Waals surface area contributed by atoms with Crippen LogP contribution < -0.4 is 10.5 Å². The van der Waals surface area contributed by atoms with Crippen LogP contribution in [0.1, 0.15) is 24.5 Å². The number of methoxy groups -OCH3 is 1. The maximum atomic E-state index is 6.18. The Labute approximate surface area is 174 Å². The Morgan fingerprint density at radius 2 is 2.03 bits per heavy atom. The van der Waals surface area contributed by atoms with E-state index >= 15 is 0 Å². The minimum absolute atomic E-state index is 0.376. The molecule has 154 valence electrons. The molecule has 30 heavy (non-hydrogen) atoms. The summed E-state index contributed by atoms with van der Waals surface area (Å²) < 4.78 is 11.2. The van der Waals surface area contributed by atoms with Crippen molar-refractivity contribution in [1.29, 1.82) is 0 Å². The van der Waals surface area contributed by atoms with Gasteiger partial charge in [0.1, 0.15) is 17.1 Å². The summed E-state index contributed by atoms with van der Waals surface area (Å²) in [5.74, 6) is 1.96. The number of nitrogens with zero attached hydrogens (tertiary/aromatic N) is 4. The number of nitrogens with two attached hydrogens (primary N) is 1. The molecule has 0 spiro atoms. The summed E-state index contributed by atoms with van der Waals surface area (Å²) in [6, 6.07) is 7.51. The van der Waals surface area contributed by atoms with E-state index in [1.54, 1.807) is 13.3 Å². The number of fused-ring (bicyclic) bond motifs is 1. The number of hydrogen-bond acceptors (Lipinski definition) is 7. The number of ether oxygens (including phenoxy) is 1. The van der Waals surface area contributed by atoms with Gasteiger partial charge in [0.2, 0.25) is 5.89 Å². The summed E-state index contributed by atoms with van der Waals surface area (Å²) >= 11 is 0. The first-order chi connectivity index (χ1) is 14.6. The molecule has 3 N–H and O–H groups in total. The van der Waals surface area contributed by atoms with Crippen molar-refractivity contribution in [1.82, 2.24) is 25.1 Å². The summed E-state index contributed by atoms with van der Waals surface area (Å²) in [6.45, 7) is 2.16. The highest BCUT2D eigenvalue weighted by Gasteiger charge is 2.24. The Morgan fingerprint density at radius 3 is 2.83 bits per heavy atom. The van der Waals surface area contributed by atoms with Gasteiger partial charge in [-0.05, 0) is 51.2 Å². The first-order valence-corrected chi connectivity index (χ1v) is 10.1. The van der Waals surface area contributed by atoms with Gasteiger partial charge in [0, 0.05) is 35.5 Å². The molecule has 8 nitrogen and oxygen atoms in total. The molecule has 4 heterocycles. The molecule has 1 aliphatic heterocycles. The van der Waals surface area contributed by atoms with E-state index in [4.69, 9.17) is 14.9 Å². The Kier molecular flexibility index (Phi) is 4.63. The summed E-state index contributed by atoms with van der Waals surface area (Å²) in [4.78, 5) is 11.4. The van der Waals surface area contributed by atoms with Gasteiger partial charge in [-0.1, -0.05) is 0 Å². The number of hydrogen-bond donors (Lipinski definition) is 2. The summed E-state index contributed by atoms with van der Waals surface area (Å²) in [5, 5.41) is 7.60. The molecule has 1 fully saturated rings. The third-order valence-corrected chi connectivity index (χ3v) is 5.83. The van der Waals surface area contributed by atoms with E-state index < -0.39 is 0 Å². The third-order valence-electron chi connectivity index (χ3n) is 5.83. The van der Waals surface area contributed by atoms with Crippen molar-refractivity contribution in [2.24, 2.45) is 0 Å². The molecule has 1 saturated heterocycles. The molecule has 1 aromatic carbocycles. The van der Waals surface area contributed by atoms with E-state index in [1.807, 2.05) is 30.5 Å². The lowest BCUT2D eigenvalue weighted by Crippen LogP contribution is -2.29. The van der Waals surface area contributed by atoms with Gasteiger partial charge in [0.05, 0.1) is 18.4 Å². The maximum Gasteiger partial charge on any atom is 0.231 e. The Balaban J connectivity index is 1.53. The van der Waals surface area contributed by atoms with Crippen molar-refractivity contribution >= 4 is 16.9 Å². The quantitative estimate of drug-likeness (QED) is 0.534. The molecule has 0 bridgehead atoms. The van der Waals surface area contributed by atoms with Crippen LogP contribution in [0.3, 0.4) is 0 Å². The minimum Gasteiger partial charge on any atom is -0.497 e. The number of pyridine rings is 1. The summed E-state index contributed by atoms with van der Waals surface area (Å²) in [7, 11) is 3.78. The third kappa shape index (κ3) is 3.29. The fraction of sp³-hybridized carbons (Fsp3) is 0.318. The molecule has 3 aromatic heterocycles. The number of nitrogen functional groups attached to an aromatic ring is 1. The second-order valence-corrected chi connectivity index (χ2v) is 7.77. The molecule has 8 heteroatoms. The largest absolute Gasteiger partial charge is 0.497 e. The van der Waals surface area contributed by atoms with Crippen LogP contribution in [0.4, 0.5) is 5.82 Å². The highest BCUT2D eigenvalue weighted by atomic mass is 16.5. The van der Waals surface area contributed by atoms with Crippen LogP contribution in [-0.2, 0) is 0 Å². The zero-order valence-corrected chi connectivity index (χ0v) is 17.1. The lowest BCUT2D eigenvalue weighted by molar-refractivity contribution is 0.253. The molecule has 0 amide bonds. The summed E-state index contributed by atoms with van der Waals surface area (Å²) in [5.41, 5.74) is 11.3. The standard InChI is InChI=1S/C22H24N6O2/c1-28-7-5-13(6-8-28)20-17(12-25-27-20)14-9-16(21(23)24-11-14)22-26-18-4-3-15(29-2)10-19(18)30-22/h3-4,9-13H,5-8H2,1-2H3,(H2,23,24)(H,25,27). The second kappa shape index (κ2) is 7.46. The van der Waals surface area contributed by atoms with Gasteiger partial charge >= 0.3 is 0 Å². The fourth-order valence-electron chi connectivity index (χ4n) is 4.07. The number of anilines is 1.